The Morgan fingerprint density at radius 1 is 1.50 bits per heavy atom. The Bertz CT molecular complexity index is 568. The summed E-state index contributed by atoms with van der Waals surface area (Å²) in [5, 5.41) is 10.4. The highest BCUT2D eigenvalue weighted by Gasteiger charge is 2.14. The zero-order valence-corrected chi connectivity index (χ0v) is 11.2. The number of carbonyl (C=O) groups excluding carboxylic acids is 1. The van der Waals surface area contributed by atoms with Crippen LogP contribution in [0.1, 0.15) is 16.8 Å². The second kappa shape index (κ2) is 6.55. The number of ether oxygens (including phenoxy) is 1. The van der Waals surface area contributed by atoms with Gasteiger partial charge < -0.3 is 15.8 Å². The standard InChI is InChI=1S/C13H17N5O2/c1-20-11-5-2-4-10(14)12(11)13(19)15-6-3-8-18-9-7-16-17-18/h2,4-5,7,9H,3,6,8,14H2,1H3,(H,15,19). The third-order valence-electron chi connectivity index (χ3n) is 2.83. The number of anilines is 1. The van der Waals surface area contributed by atoms with Crippen LogP contribution in [0, 0.1) is 0 Å². The Balaban J connectivity index is 1.89. The largest absolute Gasteiger partial charge is 0.496 e. The smallest absolute Gasteiger partial charge is 0.257 e. The van der Waals surface area contributed by atoms with E-state index < -0.39 is 0 Å². The molecule has 1 amide bonds. The molecule has 0 saturated carbocycles. The van der Waals surface area contributed by atoms with Crippen LogP contribution in [0.25, 0.3) is 0 Å². The zero-order chi connectivity index (χ0) is 14.4. The molecule has 1 heterocycles. The highest BCUT2D eigenvalue weighted by atomic mass is 16.5. The van der Waals surface area contributed by atoms with Gasteiger partial charge >= 0.3 is 0 Å². The Labute approximate surface area is 116 Å². The molecule has 7 nitrogen and oxygen atoms in total. The van der Waals surface area contributed by atoms with E-state index in [1.54, 1.807) is 35.3 Å². The van der Waals surface area contributed by atoms with Crippen LogP contribution in [0.5, 0.6) is 5.75 Å². The predicted octanol–water partition coefficient (Wildman–Crippen LogP) is 0.689. The van der Waals surface area contributed by atoms with E-state index in [9.17, 15) is 4.79 Å². The lowest BCUT2D eigenvalue weighted by molar-refractivity contribution is 0.0950. The lowest BCUT2D eigenvalue weighted by atomic mass is 10.1. The lowest BCUT2D eigenvalue weighted by Gasteiger charge is -2.11. The maximum Gasteiger partial charge on any atom is 0.257 e. The van der Waals surface area contributed by atoms with E-state index in [4.69, 9.17) is 10.5 Å². The number of rotatable bonds is 6. The van der Waals surface area contributed by atoms with Gasteiger partial charge in [0.2, 0.25) is 0 Å². The molecule has 0 radical (unpaired) electrons. The second-order valence-electron chi connectivity index (χ2n) is 4.20. The van der Waals surface area contributed by atoms with Crippen LogP contribution in [-0.4, -0.2) is 34.6 Å². The summed E-state index contributed by atoms with van der Waals surface area (Å²) >= 11 is 0. The number of carbonyl (C=O) groups is 1. The average molecular weight is 275 g/mol. The van der Waals surface area contributed by atoms with Gasteiger partial charge in [-0.2, -0.15) is 0 Å². The highest BCUT2D eigenvalue weighted by Crippen LogP contribution is 2.23. The molecule has 0 fully saturated rings. The van der Waals surface area contributed by atoms with E-state index in [-0.39, 0.29) is 5.91 Å². The molecule has 2 aromatic rings. The molecule has 0 spiro atoms. The molecule has 0 atom stereocenters. The van der Waals surface area contributed by atoms with Gasteiger partial charge in [0.15, 0.2) is 0 Å². The van der Waals surface area contributed by atoms with Crippen LogP contribution in [0.2, 0.25) is 0 Å². The number of nitrogens with one attached hydrogen (secondary N) is 1. The zero-order valence-electron chi connectivity index (χ0n) is 11.2. The summed E-state index contributed by atoms with van der Waals surface area (Å²) in [6.07, 6.45) is 4.15. The summed E-state index contributed by atoms with van der Waals surface area (Å²) in [6, 6.07) is 5.13. The van der Waals surface area contributed by atoms with E-state index in [2.05, 4.69) is 15.6 Å². The van der Waals surface area contributed by atoms with Crippen molar-refractivity contribution < 1.29 is 9.53 Å². The van der Waals surface area contributed by atoms with E-state index in [1.165, 1.54) is 7.11 Å². The van der Waals surface area contributed by atoms with Gasteiger partial charge in [-0.05, 0) is 18.6 Å². The van der Waals surface area contributed by atoms with Crippen LogP contribution in [0.15, 0.2) is 30.6 Å². The molecule has 3 N–H and O–H groups in total. The van der Waals surface area contributed by atoms with Crippen molar-refractivity contribution in [3.8, 4) is 5.75 Å². The number of hydrogen-bond donors (Lipinski definition) is 2. The Kier molecular flexibility index (Phi) is 4.54. The second-order valence-corrected chi connectivity index (χ2v) is 4.20. The number of amides is 1. The molecule has 0 aliphatic heterocycles. The molecular weight excluding hydrogens is 258 g/mol. The maximum absolute atomic E-state index is 12.1. The molecule has 0 bridgehead atoms. The summed E-state index contributed by atoms with van der Waals surface area (Å²) in [6.45, 7) is 1.22. The molecule has 0 saturated heterocycles. The van der Waals surface area contributed by atoms with Crippen molar-refractivity contribution in [2.75, 3.05) is 19.4 Å². The first kappa shape index (κ1) is 13.9. The molecular formula is C13H17N5O2. The maximum atomic E-state index is 12.1. The molecule has 1 aromatic carbocycles. The van der Waals surface area contributed by atoms with Crippen molar-refractivity contribution in [1.29, 1.82) is 0 Å². The van der Waals surface area contributed by atoms with Crippen LogP contribution in [0.3, 0.4) is 0 Å². The molecule has 1 aromatic heterocycles. The number of aryl methyl sites for hydroxylation is 1. The minimum atomic E-state index is -0.237. The van der Waals surface area contributed by atoms with E-state index >= 15 is 0 Å². The summed E-state index contributed by atoms with van der Waals surface area (Å²) < 4.78 is 6.86. The highest BCUT2D eigenvalue weighted by molar-refractivity contribution is 6.01. The summed E-state index contributed by atoms with van der Waals surface area (Å²) in [5.41, 5.74) is 6.59. The van der Waals surface area contributed by atoms with Crippen molar-refractivity contribution >= 4 is 11.6 Å². The number of methoxy groups -OCH3 is 1. The topological polar surface area (TPSA) is 95.1 Å². The first-order valence-corrected chi connectivity index (χ1v) is 6.27. The van der Waals surface area contributed by atoms with Gasteiger partial charge in [0.25, 0.3) is 5.91 Å². The minimum Gasteiger partial charge on any atom is -0.496 e. The Hall–Kier alpha value is -2.57. The van der Waals surface area contributed by atoms with Crippen molar-refractivity contribution in [3.63, 3.8) is 0 Å². The number of aromatic nitrogens is 3. The Morgan fingerprint density at radius 3 is 3.05 bits per heavy atom. The number of benzene rings is 1. The quantitative estimate of drug-likeness (QED) is 0.597. The summed E-state index contributed by atoms with van der Waals surface area (Å²) in [4.78, 5) is 12.1. The van der Waals surface area contributed by atoms with Gasteiger partial charge in [0.05, 0.1) is 13.3 Å². The third-order valence-corrected chi connectivity index (χ3v) is 2.83. The Morgan fingerprint density at radius 2 is 2.35 bits per heavy atom. The first-order chi connectivity index (χ1) is 9.72. The molecule has 20 heavy (non-hydrogen) atoms. The van der Waals surface area contributed by atoms with Crippen LogP contribution < -0.4 is 15.8 Å². The van der Waals surface area contributed by atoms with Gasteiger partial charge in [-0.25, -0.2) is 0 Å². The van der Waals surface area contributed by atoms with Crippen molar-refractivity contribution in [3.05, 3.63) is 36.2 Å². The summed E-state index contributed by atoms with van der Waals surface area (Å²) in [7, 11) is 1.51. The van der Waals surface area contributed by atoms with E-state index in [1.807, 2.05) is 0 Å². The SMILES string of the molecule is COc1cccc(N)c1C(=O)NCCCn1ccnn1. The fraction of sp³-hybridized carbons (Fsp3) is 0.308. The third kappa shape index (κ3) is 3.25. The van der Waals surface area contributed by atoms with Gasteiger partial charge in [-0.1, -0.05) is 11.3 Å². The van der Waals surface area contributed by atoms with Gasteiger partial charge in [-0.3, -0.25) is 9.48 Å². The minimum absolute atomic E-state index is 0.237. The average Bonchev–Trinajstić information content (AvgIpc) is 2.96. The molecule has 2 rings (SSSR count). The summed E-state index contributed by atoms with van der Waals surface area (Å²) in [5.74, 6) is 0.234. The van der Waals surface area contributed by atoms with Crippen LogP contribution >= 0.6 is 0 Å². The molecule has 0 aliphatic rings. The first-order valence-electron chi connectivity index (χ1n) is 6.27. The van der Waals surface area contributed by atoms with Gasteiger partial charge in [-0.15, -0.1) is 5.10 Å². The number of nitrogens with two attached hydrogens (primary N) is 1. The van der Waals surface area contributed by atoms with E-state index in [0.717, 1.165) is 6.42 Å². The molecule has 106 valence electrons. The van der Waals surface area contributed by atoms with Crippen molar-refractivity contribution in [2.45, 2.75) is 13.0 Å². The molecule has 0 unspecified atom stereocenters. The predicted molar refractivity (Wildman–Crippen MR) is 74.4 cm³/mol. The number of nitrogen functional groups attached to an aromatic ring is 1. The molecule has 7 heteroatoms. The van der Waals surface area contributed by atoms with Crippen molar-refractivity contribution in [2.24, 2.45) is 0 Å². The molecule has 0 aliphatic carbocycles. The van der Waals surface area contributed by atoms with E-state index in [0.29, 0.717) is 30.1 Å². The van der Waals surface area contributed by atoms with Crippen LogP contribution in [-0.2, 0) is 6.54 Å². The normalized spacial score (nSPS) is 10.2. The van der Waals surface area contributed by atoms with Gasteiger partial charge in [0.1, 0.15) is 11.3 Å². The fourth-order valence-corrected chi connectivity index (χ4v) is 1.84. The number of hydrogen-bond acceptors (Lipinski definition) is 5. The number of nitrogens with zero attached hydrogens (tertiary/aromatic N) is 3. The van der Waals surface area contributed by atoms with Gasteiger partial charge in [0, 0.05) is 25.0 Å². The van der Waals surface area contributed by atoms with Crippen LogP contribution in [0.4, 0.5) is 5.69 Å². The monoisotopic (exact) mass is 275 g/mol. The lowest BCUT2D eigenvalue weighted by Crippen LogP contribution is -2.26. The van der Waals surface area contributed by atoms with Crippen molar-refractivity contribution in [1.82, 2.24) is 20.3 Å². The fourth-order valence-electron chi connectivity index (χ4n) is 1.84.